The molecular formula is C14H10F2N4O3. The monoisotopic (exact) mass is 320 g/mol. The van der Waals surface area contributed by atoms with E-state index in [4.69, 9.17) is 0 Å². The zero-order valence-electron chi connectivity index (χ0n) is 11.7. The predicted molar refractivity (Wildman–Crippen MR) is 77.3 cm³/mol. The second-order valence-electron chi connectivity index (χ2n) is 4.79. The number of hydrogen-bond acceptors (Lipinski definition) is 4. The second-order valence-corrected chi connectivity index (χ2v) is 4.79. The van der Waals surface area contributed by atoms with Crippen LogP contribution in [0.25, 0.3) is 11.0 Å². The van der Waals surface area contributed by atoms with Crippen LogP contribution in [0.5, 0.6) is 5.75 Å². The van der Waals surface area contributed by atoms with Gasteiger partial charge in [-0.1, -0.05) is 0 Å². The molecule has 3 N–H and O–H groups in total. The number of aromatic nitrogens is 3. The molecule has 118 valence electrons. The van der Waals surface area contributed by atoms with Crippen LogP contribution < -0.4 is 10.9 Å². The van der Waals surface area contributed by atoms with Crippen LogP contribution in [-0.2, 0) is 7.05 Å². The molecule has 0 atom stereocenters. The van der Waals surface area contributed by atoms with Crippen molar-refractivity contribution >= 4 is 22.6 Å². The molecule has 0 fully saturated rings. The third kappa shape index (κ3) is 2.41. The molecule has 7 nitrogen and oxygen atoms in total. The van der Waals surface area contributed by atoms with E-state index in [9.17, 15) is 23.5 Å². The smallest absolute Gasteiger partial charge is 0.266 e. The van der Waals surface area contributed by atoms with Gasteiger partial charge in [0.25, 0.3) is 11.5 Å². The Hall–Kier alpha value is -3.23. The summed E-state index contributed by atoms with van der Waals surface area (Å²) in [5.74, 6) is -3.41. The highest BCUT2D eigenvalue weighted by atomic mass is 19.1. The number of nitrogens with one attached hydrogen (secondary N) is 2. The molecule has 9 heteroatoms. The van der Waals surface area contributed by atoms with Crippen molar-refractivity contribution < 1.29 is 18.7 Å². The Bertz CT molecular complexity index is 994. The van der Waals surface area contributed by atoms with Crippen LogP contribution in [0.4, 0.5) is 14.5 Å². The highest BCUT2D eigenvalue weighted by molar-refractivity contribution is 6.08. The van der Waals surface area contributed by atoms with E-state index < -0.39 is 34.4 Å². The summed E-state index contributed by atoms with van der Waals surface area (Å²) in [5.41, 5.74) is -1.54. The van der Waals surface area contributed by atoms with Crippen LogP contribution in [0.2, 0.25) is 0 Å². The first-order valence-corrected chi connectivity index (χ1v) is 6.42. The number of benzene rings is 1. The number of rotatable bonds is 2. The largest absolute Gasteiger partial charge is 0.506 e. The third-order valence-corrected chi connectivity index (χ3v) is 3.30. The molecule has 0 aliphatic heterocycles. The topological polar surface area (TPSA) is 100 Å². The number of hydrogen-bond donors (Lipinski definition) is 3. The molecule has 0 aliphatic rings. The molecule has 0 aliphatic carbocycles. The molecule has 0 unspecified atom stereocenters. The van der Waals surface area contributed by atoms with Crippen LogP contribution in [0.1, 0.15) is 10.4 Å². The zero-order valence-corrected chi connectivity index (χ0v) is 11.7. The van der Waals surface area contributed by atoms with Gasteiger partial charge in [0.2, 0.25) is 0 Å². The molecule has 2 heterocycles. The number of anilines is 1. The Morgan fingerprint density at radius 3 is 2.83 bits per heavy atom. The van der Waals surface area contributed by atoms with Crippen LogP contribution in [0, 0.1) is 11.6 Å². The maximum atomic E-state index is 13.6. The predicted octanol–water partition coefficient (Wildman–Crippen LogP) is 1.50. The first-order valence-electron chi connectivity index (χ1n) is 6.42. The first kappa shape index (κ1) is 14.7. The van der Waals surface area contributed by atoms with Crippen molar-refractivity contribution in [1.29, 1.82) is 0 Å². The number of aromatic hydroxyl groups is 1. The van der Waals surface area contributed by atoms with Gasteiger partial charge in [-0.25, -0.2) is 8.78 Å². The number of halogens is 2. The summed E-state index contributed by atoms with van der Waals surface area (Å²) in [6.45, 7) is 0. The molecule has 3 rings (SSSR count). The molecule has 0 spiro atoms. The summed E-state index contributed by atoms with van der Waals surface area (Å²) in [6, 6.07) is 2.55. The molecule has 1 aromatic carbocycles. The van der Waals surface area contributed by atoms with E-state index in [1.165, 1.54) is 10.9 Å². The Morgan fingerprint density at radius 2 is 2.13 bits per heavy atom. The van der Waals surface area contributed by atoms with Gasteiger partial charge < -0.3 is 15.4 Å². The zero-order chi connectivity index (χ0) is 16.7. The van der Waals surface area contributed by atoms with Crippen molar-refractivity contribution in [1.82, 2.24) is 14.8 Å². The van der Waals surface area contributed by atoms with Crippen molar-refractivity contribution in [2.45, 2.75) is 0 Å². The van der Waals surface area contributed by atoms with Gasteiger partial charge in [0, 0.05) is 13.1 Å². The molecule has 3 aromatic rings. The minimum Gasteiger partial charge on any atom is -0.506 e. The lowest BCUT2D eigenvalue weighted by molar-refractivity contribution is 0.102. The number of aromatic amines is 1. The molecule has 0 bridgehead atoms. The van der Waals surface area contributed by atoms with E-state index >= 15 is 0 Å². The highest BCUT2D eigenvalue weighted by Gasteiger charge is 2.21. The minimum absolute atomic E-state index is 0.164. The summed E-state index contributed by atoms with van der Waals surface area (Å²) in [4.78, 5) is 26.6. The lowest BCUT2D eigenvalue weighted by Crippen LogP contribution is -2.24. The number of aryl methyl sites for hydroxylation is 1. The van der Waals surface area contributed by atoms with E-state index in [1.54, 1.807) is 7.05 Å². The van der Waals surface area contributed by atoms with Gasteiger partial charge in [-0.2, -0.15) is 5.10 Å². The molecule has 1 amide bonds. The average molecular weight is 320 g/mol. The highest BCUT2D eigenvalue weighted by Crippen LogP contribution is 2.25. The lowest BCUT2D eigenvalue weighted by atomic mass is 10.2. The van der Waals surface area contributed by atoms with E-state index in [2.05, 4.69) is 15.4 Å². The first-order chi connectivity index (χ1) is 10.9. The Kier molecular flexibility index (Phi) is 3.32. The van der Waals surface area contributed by atoms with E-state index in [1.807, 2.05) is 0 Å². The molecule has 0 saturated carbocycles. The van der Waals surface area contributed by atoms with Gasteiger partial charge in [-0.15, -0.1) is 0 Å². The molecule has 0 saturated heterocycles. The lowest BCUT2D eigenvalue weighted by Gasteiger charge is -2.08. The summed E-state index contributed by atoms with van der Waals surface area (Å²) in [6.07, 6.45) is 1.27. The maximum Gasteiger partial charge on any atom is 0.266 e. The summed E-state index contributed by atoms with van der Waals surface area (Å²) >= 11 is 0. The number of pyridine rings is 1. The van der Waals surface area contributed by atoms with Crippen LogP contribution >= 0.6 is 0 Å². The third-order valence-electron chi connectivity index (χ3n) is 3.30. The molecular weight excluding hydrogens is 310 g/mol. The van der Waals surface area contributed by atoms with Gasteiger partial charge in [0.15, 0.2) is 0 Å². The Balaban J connectivity index is 2.06. The number of fused-ring (bicyclic) bond motifs is 1. The fourth-order valence-electron chi connectivity index (χ4n) is 2.16. The normalized spacial score (nSPS) is 10.9. The number of nitrogens with zero attached hydrogens (tertiary/aromatic N) is 2. The fraction of sp³-hybridized carbons (Fsp3) is 0.0714. The minimum atomic E-state index is -1.03. The van der Waals surface area contributed by atoms with Gasteiger partial charge in [0.05, 0.1) is 17.3 Å². The standard InChI is InChI=1S/C14H10F2N4O3/c1-20-12-7(5-17-20)11(21)10(14(23)19-12)13(22)18-9-3-2-6(15)4-8(9)16/h2-5H,1H3,(H,18,22)(H2,19,21,23). The average Bonchev–Trinajstić information content (AvgIpc) is 2.84. The van der Waals surface area contributed by atoms with Gasteiger partial charge >= 0.3 is 0 Å². The van der Waals surface area contributed by atoms with E-state index in [0.717, 1.165) is 12.1 Å². The maximum absolute atomic E-state index is 13.6. The number of H-pyrrole nitrogens is 1. The van der Waals surface area contributed by atoms with Crippen molar-refractivity contribution in [2.24, 2.45) is 7.05 Å². The molecule has 0 radical (unpaired) electrons. The molecule has 23 heavy (non-hydrogen) atoms. The number of carbonyl (C=O) groups excluding carboxylic acids is 1. The number of amides is 1. The summed E-state index contributed by atoms with van der Waals surface area (Å²) < 4.78 is 27.7. The van der Waals surface area contributed by atoms with E-state index in [0.29, 0.717) is 6.07 Å². The van der Waals surface area contributed by atoms with Crippen molar-refractivity contribution in [2.75, 3.05) is 5.32 Å². The SMILES string of the molecule is Cn1ncc2c(O)c(C(=O)Nc3ccc(F)cc3F)c(=O)[nH]c21. The van der Waals surface area contributed by atoms with Crippen molar-refractivity contribution in [3.63, 3.8) is 0 Å². The fourth-order valence-corrected chi connectivity index (χ4v) is 2.16. The van der Waals surface area contributed by atoms with Gasteiger partial charge in [0.1, 0.15) is 28.6 Å². The Morgan fingerprint density at radius 1 is 1.39 bits per heavy atom. The second kappa shape index (κ2) is 5.20. The summed E-state index contributed by atoms with van der Waals surface area (Å²) in [7, 11) is 1.55. The molecule has 2 aromatic heterocycles. The Labute approximate surface area is 127 Å². The number of carbonyl (C=O) groups is 1. The quantitative estimate of drug-likeness (QED) is 0.666. The van der Waals surface area contributed by atoms with E-state index in [-0.39, 0.29) is 16.7 Å². The van der Waals surface area contributed by atoms with Crippen molar-refractivity contribution in [3.8, 4) is 5.75 Å². The van der Waals surface area contributed by atoms with Crippen LogP contribution in [0.15, 0.2) is 29.2 Å². The van der Waals surface area contributed by atoms with Gasteiger partial charge in [-0.3, -0.25) is 14.3 Å². The van der Waals surface area contributed by atoms with Crippen LogP contribution in [-0.4, -0.2) is 25.8 Å². The van der Waals surface area contributed by atoms with Gasteiger partial charge in [-0.05, 0) is 12.1 Å². The van der Waals surface area contributed by atoms with Crippen molar-refractivity contribution in [3.05, 3.63) is 51.9 Å². The van der Waals surface area contributed by atoms with Crippen LogP contribution in [0.3, 0.4) is 0 Å². The summed E-state index contributed by atoms with van der Waals surface area (Å²) in [5, 5.41) is 16.3.